The lowest BCUT2D eigenvalue weighted by Crippen LogP contribution is -2.56. The third kappa shape index (κ3) is 2.55. The highest BCUT2D eigenvalue weighted by atomic mass is 16.2. The van der Waals surface area contributed by atoms with E-state index in [1.807, 2.05) is 18.7 Å². The number of nitrogens with two attached hydrogens (primary N) is 1. The van der Waals surface area contributed by atoms with Crippen molar-refractivity contribution in [2.75, 3.05) is 33.2 Å². The molecule has 94 valence electrons. The second-order valence-electron chi connectivity index (χ2n) is 5.20. The minimum atomic E-state index is -0.379. The summed E-state index contributed by atoms with van der Waals surface area (Å²) in [4.78, 5) is 16.6. The summed E-state index contributed by atoms with van der Waals surface area (Å²) in [6, 6.07) is 0.441. The lowest BCUT2D eigenvalue weighted by Gasteiger charge is -2.41. The van der Waals surface area contributed by atoms with Crippen LogP contribution in [0.25, 0.3) is 0 Å². The molecule has 1 rings (SSSR count). The number of carbonyl (C=O) groups is 1. The van der Waals surface area contributed by atoms with E-state index in [2.05, 4.69) is 18.9 Å². The highest BCUT2D eigenvalue weighted by Gasteiger charge is 2.35. The van der Waals surface area contributed by atoms with E-state index in [-0.39, 0.29) is 11.3 Å². The minimum Gasteiger partial charge on any atom is -0.339 e. The first-order valence-electron chi connectivity index (χ1n) is 6.14. The zero-order valence-corrected chi connectivity index (χ0v) is 11.0. The van der Waals surface area contributed by atoms with E-state index in [0.717, 1.165) is 26.1 Å². The number of hydrogen-bond acceptors (Lipinski definition) is 3. The smallest absolute Gasteiger partial charge is 0.229 e. The topological polar surface area (TPSA) is 49.6 Å². The fourth-order valence-electron chi connectivity index (χ4n) is 2.00. The molecule has 0 aliphatic carbocycles. The summed E-state index contributed by atoms with van der Waals surface area (Å²) >= 11 is 0. The largest absolute Gasteiger partial charge is 0.339 e. The molecule has 0 aromatic rings. The molecule has 2 atom stereocenters. The molecule has 0 aromatic heterocycles. The van der Waals surface area contributed by atoms with Crippen molar-refractivity contribution in [2.24, 2.45) is 11.1 Å². The van der Waals surface area contributed by atoms with Gasteiger partial charge in [0, 0.05) is 32.2 Å². The molecule has 1 amide bonds. The second kappa shape index (κ2) is 5.15. The Morgan fingerprint density at radius 2 is 2.12 bits per heavy atom. The molecule has 0 radical (unpaired) electrons. The van der Waals surface area contributed by atoms with Crippen molar-refractivity contribution in [3.8, 4) is 0 Å². The van der Waals surface area contributed by atoms with Crippen molar-refractivity contribution in [1.29, 1.82) is 0 Å². The van der Waals surface area contributed by atoms with Crippen LogP contribution in [-0.2, 0) is 4.79 Å². The number of carbonyl (C=O) groups excluding carboxylic acids is 1. The first-order chi connectivity index (χ1) is 7.44. The molecule has 2 N–H and O–H groups in total. The van der Waals surface area contributed by atoms with Crippen LogP contribution in [0.2, 0.25) is 0 Å². The molecule has 4 nitrogen and oxygen atoms in total. The van der Waals surface area contributed by atoms with E-state index in [4.69, 9.17) is 5.73 Å². The standard InChI is InChI=1S/C12H25N3O/c1-5-12(3,9-13)11(16)15-7-6-14(4)10(2)8-15/h10H,5-9,13H2,1-4H3. The van der Waals surface area contributed by atoms with Gasteiger partial charge in [0.2, 0.25) is 5.91 Å². The van der Waals surface area contributed by atoms with Crippen LogP contribution >= 0.6 is 0 Å². The number of hydrogen-bond donors (Lipinski definition) is 1. The van der Waals surface area contributed by atoms with Crippen LogP contribution in [0, 0.1) is 5.41 Å². The van der Waals surface area contributed by atoms with Crippen molar-refractivity contribution >= 4 is 5.91 Å². The number of amides is 1. The van der Waals surface area contributed by atoms with Crippen LogP contribution in [0.5, 0.6) is 0 Å². The number of piperazine rings is 1. The summed E-state index contributed by atoms with van der Waals surface area (Å²) in [6.07, 6.45) is 0.809. The Hall–Kier alpha value is -0.610. The molecular weight excluding hydrogens is 202 g/mol. The molecule has 16 heavy (non-hydrogen) atoms. The van der Waals surface area contributed by atoms with Gasteiger partial charge in [-0.15, -0.1) is 0 Å². The van der Waals surface area contributed by atoms with Gasteiger partial charge in [0.25, 0.3) is 0 Å². The van der Waals surface area contributed by atoms with E-state index < -0.39 is 0 Å². The summed E-state index contributed by atoms with van der Waals surface area (Å²) in [5, 5.41) is 0. The Labute approximate surface area is 98.8 Å². The summed E-state index contributed by atoms with van der Waals surface area (Å²) in [6.45, 7) is 9.20. The highest BCUT2D eigenvalue weighted by molar-refractivity contribution is 5.82. The van der Waals surface area contributed by atoms with E-state index >= 15 is 0 Å². The Morgan fingerprint density at radius 3 is 2.56 bits per heavy atom. The van der Waals surface area contributed by atoms with Gasteiger partial charge in [0.05, 0.1) is 5.41 Å². The van der Waals surface area contributed by atoms with Crippen LogP contribution in [0.1, 0.15) is 27.2 Å². The lowest BCUT2D eigenvalue weighted by molar-refractivity contribution is -0.143. The summed E-state index contributed by atoms with van der Waals surface area (Å²) in [5.74, 6) is 0.220. The summed E-state index contributed by atoms with van der Waals surface area (Å²) in [5.41, 5.74) is 5.35. The first-order valence-corrected chi connectivity index (χ1v) is 6.14. The average molecular weight is 227 g/mol. The Morgan fingerprint density at radius 1 is 1.50 bits per heavy atom. The molecule has 1 heterocycles. The van der Waals surface area contributed by atoms with Gasteiger partial charge in [-0.2, -0.15) is 0 Å². The maximum Gasteiger partial charge on any atom is 0.229 e. The molecular formula is C12H25N3O. The van der Waals surface area contributed by atoms with Gasteiger partial charge < -0.3 is 15.5 Å². The maximum atomic E-state index is 12.4. The predicted octanol–water partition coefficient (Wildman–Crippen LogP) is 0.524. The van der Waals surface area contributed by atoms with Gasteiger partial charge in [-0.25, -0.2) is 0 Å². The summed E-state index contributed by atoms with van der Waals surface area (Å²) < 4.78 is 0. The summed E-state index contributed by atoms with van der Waals surface area (Å²) in [7, 11) is 2.11. The predicted molar refractivity (Wildman–Crippen MR) is 66.1 cm³/mol. The van der Waals surface area contributed by atoms with Gasteiger partial charge >= 0.3 is 0 Å². The van der Waals surface area contributed by atoms with Gasteiger partial charge in [0.1, 0.15) is 0 Å². The van der Waals surface area contributed by atoms with Crippen molar-refractivity contribution in [3.63, 3.8) is 0 Å². The van der Waals surface area contributed by atoms with Crippen molar-refractivity contribution < 1.29 is 4.79 Å². The average Bonchev–Trinajstić information content (AvgIpc) is 2.30. The third-order valence-corrected chi connectivity index (χ3v) is 3.99. The van der Waals surface area contributed by atoms with Gasteiger partial charge in [-0.3, -0.25) is 4.79 Å². The normalized spacial score (nSPS) is 26.6. The number of likely N-dealkylation sites (N-methyl/N-ethyl adjacent to an activating group) is 1. The third-order valence-electron chi connectivity index (χ3n) is 3.99. The van der Waals surface area contributed by atoms with E-state index in [1.54, 1.807) is 0 Å². The van der Waals surface area contributed by atoms with Gasteiger partial charge in [0.15, 0.2) is 0 Å². The fourth-order valence-corrected chi connectivity index (χ4v) is 2.00. The fraction of sp³-hybridized carbons (Fsp3) is 0.917. The van der Waals surface area contributed by atoms with Crippen molar-refractivity contribution in [3.05, 3.63) is 0 Å². The first kappa shape index (κ1) is 13.5. The molecule has 0 saturated carbocycles. The van der Waals surface area contributed by atoms with Gasteiger partial charge in [-0.05, 0) is 27.3 Å². The Bertz CT molecular complexity index is 251. The van der Waals surface area contributed by atoms with Crippen LogP contribution in [0.4, 0.5) is 0 Å². The van der Waals surface area contributed by atoms with Crippen molar-refractivity contribution in [1.82, 2.24) is 9.80 Å². The Kier molecular flexibility index (Phi) is 4.33. The molecule has 0 spiro atoms. The van der Waals surface area contributed by atoms with Crippen LogP contribution < -0.4 is 5.73 Å². The Balaban J connectivity index is 2.68. The molecule has 4 heteroatoms. The van der Waals surface area contributed by atoms with Crippen molar-refractivity contribution in [2.45, 2.75) is 33.2 Å². The highest BCUT2D eigenvalue weighted by Crippen LogP contribution is 2.24. The monoisotopic (exact) mass is 227 g/mol. The molecule has 1 fully saturated rings. The van der Waals surface area contributed by atoms with E-state index in [0.29, 0.717) is 12.6 Å². The second-order valence-corrected chi connectivity index (χ2v) is 5.20. The quantitative estimate of drug-likeness (QED) is 0.765. The zero-order valence-electron chi connectivity index (χ0n) is 11.0. The van der Waals surface area contributed by atoms with Crippen LogP contribution in [-0.4, -0.2) is 55.0 Å². The number of rotatable bonds is 3. The molecule has 1 aliphatic heterocycles. The zero-order chi connectivity index (χ0) is 12.3. The SMILES string of the molecule is CCC(C)(CN)C(=O)N1CCN(C)C(C)C1. The molecule has 0 bridgehead atoms. The van der Waals surface area contributed by atoms with Crippen LogP contribution in [0.15, 0.2) is 0 Å². The van der Waals surface area contributed by atoms with Crippen LogP contribution in [0.3, 0.4) is 0 Å². The van der Waals surface area contributed by atoms with E-state index in [9.17, 15) is 4.79 Å². The van der Waals surface area contributed by atoms with E-state index in [1.165, 1.54) is 0 Å². The molecule has 2 unspecified atom stereocenters. The molecule has 0 aromatic carbocycles. The minimum absolute atomic E-state index is 0.220. The lowest BCUT2D eigenvalue weighted by atomic mass is 9.85. The molecule has 1 saturated heterocycles. The molecule has 1 aliphatic rings. The maximum absolute atomic E-state index is 12.4. The number of nitrogens with zero attached hydrogens (tertiary/aromatic N) is 2. The van der Waals surface area contributed by atoms with Gasteiger partial charge in [-0.1, -0.05) is 6.92 Å².